The van der Waals surface area contributed by atoms with E-state index in [0.29, 0.717) is 25.7 Å². The van der Waals surface area contributed by atoms with E-state index in [1.165, 1.54) is 96.3 Å². The topological polar surface area (TPSA) is 192 Å². The fraction of sp³-hybridized carbons (Fsp3) is 0.843. The first-order chi connectivity index (χ1) is 42.9. The van der Waals surface area contributed by atoms with E-state index in [1.54, 1.807) is 13.8 Å². The summed E-state index contributed by atoms with van der Waals surface area (Å²) >= 11 is 18.1. The fourth-order valence-corrected chi connectivity index (χ4v) is 11.6. The van der Waals surface area contributed by atoms with Gasteiger partial charge in [-0.15, -0.1) is 0 Å². The van der Waals surface area contributed by atoms with Gasteiger partial charge in [-0.25, -0.2) is 4.79 Å². The Morgan fingerprint density at radius 1 is 0.596 bits per heavy atom. The van der Waals surface area contributed by atoms with E-state index in [2.05, 4.69) is 38.3 Å². The Bertz CT molecular complexity index is 2000. The SMILES string of the molecule is CCCCCCCCCCC[C@H](CC(=O)N[C@@H](COCc1ccccc1)CO[C@@H]1O[C@@H]2COC(C)(C)O[C@H]2[C@H](OC(=O)C[C@@H](CCCCCCCCCCC)OC(=O)CCCCCCCCC)[C@H]1NC(=O)OCC(Cl)(Cl)Cl)OC(=O)CCCCCCCCC. The molecule has 2 heterocycles. The molecule has 514 valence electrons. The molecule has 0 radical (unpaired) electrons. The molecule has 2 saturated heterocycles. The number of esters is 3. The fourth-order valence-electron chi connectivity index (χ4n) is 11.4. The summed E-state index contributed by atoms with van der Waals surface area (Å²) in [6.07, 6.45) is 29.0. The third kappa shape index (κ3) is 40.0. The van der Waals surface area contributed by atoms with Gasteiger partial charge in [0.05, 0.1) is 45.3 Å². The minimum Gasteiger partial charge on any atom is -0.462 e. The molecular weight excluding hydrogens is 1200 g/mol. The number of hydrogen-bond donors (Lipinski definition) is 2. The second-order valence-electron chi connectivity index (χ2n) is 25.4. The van der Waals surface area contributed by atoms with Crippen molar-refractivity contribution in [3.63, 3.8) is 0 Å². The van der Waals surface area contributed by atoms with Crippen LogP contribution in [0.1, 0.15) is 291 Å². The average molecular weight is 1320 g/mol. The highest BCUT2D eigenvalue weighted by Gasteiger charge is 2.54. The monoisotopic (exact) mass is 1320 g/mol. The summed E-state index contributed by atoms with van der Waals surface area (Å²) < 4.78 is 54.0. The molecule has 0 unspecified atom stereocenters. The van der Waals surface area contributed by atoms with Crippen LogP contribution in [0.4, 0.5) is 4.79 Å². The first kappa shape index (κ1) is 80.3. The summed E-state index contributed by atoms with van der Waals surface area (Å²) in [5.74, 6) is -2.91. The molecule has 1 aromatic carbocycles. The van der Waals surface area contributed by atoms with Crippen molar-refractivity contribution in [2.45, 2.75) is 351 Å². The number of hydrogen-bond acceptors (Lipinski definition) is 14. The van der Waals surface area contributed by atoms with Crippen LogP contribution in [0.3, 0.4) is 0 Å². The number of nitrogens with one attached hydrogen (secondary N) is 2. The van der Waals surface area contributed by atoms with Gasteiger partial charge in [-0.1, -0.05) is 273 Å². The van der Waals surface area contributed by atoms with Gasteiger partial charge in [0.15, 0.2) is 18.2 Å². The largest absolute Gasteiger partial charge is 0.462 e. The molecule has 89 heavy (non-hydrogen) atoms. The molecule has 19 heteroatoms. The van der Waals surface area contributed by atoms with E-state index in [0.717, 1.165) is 108 Å². The molecule has 1 aromatic rings. The van der Waals surface area contributed by atoms with Gasteiger partial charge < -0.3 is 53.3 Å². The first-order valence-electron chi connectivity index (χ1n) is 35.0. The molecule has 2 amide bonds. The van der Waals surface area contributed by atoms with Crippen LogP contribution in [0, 0.1) is 0 Å². The highest BCUT2D eigenvalue weighted by molar-refractivity contribution is 6.67. The van der Waals surface area contributed by atoms with Crippen LogP contribution in [-0.2, 0) is 68.4 Å². The second kappa shape index (κ2) is 49.6. The summed E-state index contributed by atoms with van der Waals surface area (Å²) in [6, 6.07) is 7.47. The molecule has 8 atom stereocenters. The van der Waals surface area contributed by atoms with E-state index < -0.39 is 77.1 Å². The van der Waals surface area contributed by atoms with E-state index in [9.17, 15) is 24.0 Å². The number of fused-ring (bicyclic) bond motifs is 1. The van der Waals surface area contributed by atoms with Crippen molar-refractivity contribution in [1.29, 1.82) is 0 Å². The quantitative estimate of drug-likeness (QED) is 0.0271. The van der Waals surface area contributed by atoms with Crippen LogP contribution in [0.15, 0.2) is 30.3 Å². The molecule has 0 aliphatic carbocycles. The van der Waals surface area contributed by atoms with Crippen LogP contribution in [0.5, 0.6) is 0 Å². The van der Waals surface area contributed by atoms with Crippen molar-refractivity contribution in [1.82, 2.24) is 10.6 Å². The number of carbonyl (C=O) groups excluding carboxylic acids is 5. The Morgan fingerprint density at radius 3 is 1.54 bits per heavy atom. The Balaban J connectivity index is 1.91. The highest BCUT2D eigenvalue weighted by Crippen LogP contribution is 2.36. The van der Waals surface area contributed by atoms with Crippen molar-refractivity contribution in [2.75, 3.05) is 26.4 Å². The molecule has 2 N–H and O–H groups in total. The zero-order valence-electron chi connectivity index (χ0n) is 55.8. The normalized spacial score (nSPS) is 19.1. The molecule has 0 saturated carbocycles. The van der Waals surface area contributed by atoms with E-state index in [4.69, 9.17) is 77.4 Å². The molecule has 0 bridgehead atoms. The summed E-state index contributed by atoms with van der Waals surface area (Å²) in [6.45, 7) is 11.6. The smallest absolute Gasteiger partial charge is 0.407 e. The maximum Gasteiger partial charge on any atom is 0.407 e. The first-order valence-corrected chi connectivity index (χ1v) is 36.2. The van der Waals surface area contributed by atoms with Crippen molar-refractivity contribution in [2.24, 2.45) is 0 Å². The predicted octanol–water partition coefficient (Wildman–Crippen LogP) is 17.7. The van der Waals surface area contributed by atoms with Crippen molar-refractivity contribution in [3.05, 3.63) is 35.9 Å². The molecule has 2 aliphatic rings. The van der Waals surface area contributed by atoms with Gasteiger partial charge in [-0.2, -0.15) is 0 Å². The number of unbranched alkanes of at least 4 members (excludes halogenated alkanes) is 28. The lowest BCUT2D eigenvalue weighted by Crippen LogP contribution is -2.69. The Kier molecular flexibility index (Phi) is 44.7. The minimum absolute atomic E-state index is 0.00810. The van der Waals surface area contributed by atoms with Gasteiger partial charge in [0, 0.05) is 12.8 Å². The lowest BCUT2D eigenvalue weighted by Gasteiger charge is -2.50. The maximum atomic E-state index is 14.6. The van der Waals surface area contributed by atoms with Crippen LogP contribution in [0.25, 0.3) is 0 Å². The summed E-state index contributed by atoms with van der Waals surface area (Å²) in [7, 11) is 0. The zero-order valence-corrected chi connectivity index (χ0v) is 58.0. The van der Waals surface area contributed by atoms with E-state index in [1.807, 2.05) is 30.3 Å². The van der Waals surface area contributed by atoms with Crippen molar-refractivity contribution < 1.29 is 66.6 Å². The molecule has 0 spiro atoms. The Morgan fingerprint density at radius 2 is 1.06 bits per heavy atom. The van der Waals surface area contributed by atoms with Crippen LogP contribution >= 0.6 is 34.8 Å². The number of carbonyl (C=O) groups is 5. The summed E-state index contributed by atoms with van der Waals surface area (Å²) in [5, 5.41) is 5.86. The number of benzene rings is 1. The second-order valence-corrected chi connectivity index (χ2v) is 27.9. The molecule has 16 nitrogen and oxygen atoms in total. The van der Waals surface area contributed by atoms with Crippen molar-refractivity contribution >= 4 is 64.7 Å². The van der Waals surface area contributed by atoms with Gasteiger partial charge in [-0.3, -0.25) is 19.2 Å². The average Bonchev–Trinajstić information content (AvgIpc) is 0.857. The van der Waals surface area contributed by atoms with Gasteiger partial charge in [0.25, 0.3) is 0 Å². The number of halogens is 3. The van der Waals surface area contributed by atoms with Gasteiger partial charge >= 0.3 is 24.0 Å². The summed E-state index contributed by atoms with van der Waals surface area (Å²) in [4.78, 5) is 69.5. The van der Waals surface area contributed by atoms with E-state index in [-0.39, 0.29) is 63.5 Å². The number of amides is 2. The third-order valence-electron chi connectivity index (χ3n) is 16.5. The van der Waals surface area contributed by atoms with Crippen molar-refractivity contribution in [3.8, 4) is 0 Å². The van der Waals surface area contributed by atoms with Gasteiger partial charge in [0.2, 0.25) is 9.70 Å². The van der Waals surface area contributed by atoms with Gasteiger partial charge in [-0.05, 0) is 57.9 Å². The van der Waals surface area contributed by atoms with Crippen LogP contribution in [0.2, 0.25) is 0 Å². The Hall–Kier alpha value is -2.96. The van der Waals surface area contributed by atoms with Crippen LogP contribution in [-0.4, -0.2) is 115 Å². The lowest BCUT2D eigenvalue weighted by atomic mass is 9.95. The number of alkyl halides is 3. The zero-order chi connectivity index (χ0) is 64.8. The van der Waals surface area contributed by atoms with E-state index >= 15 is 0 Å². The molecule has 2 fully saturated rings. The number of rotatable bonds is 53. The van der Waals surface area contributed by atoms with Crippen LogP contribution < -0.4 is 10.6 Å². The maximum absolute atomic E-state index is 14.6. The molecular formula is C70H119Cl3N2O14. The lowest BCUT2D eigenvalue weighted by molar-refractivity contribution is -0.369. The highest BCUT2D eigenvalue weighted by atomic mass is 35.6. The summed E-state index contributed by atoms with van der Waals surface area (Å²) in [5.41, 5.74) is 0.912. The molecule has 3 rings (SSSR count). The minimum atomic E-state index is -1.96. The predicted molar refractivity (Wildman–Crippen MR) is 354 cm³/mol. The number of alkyl carbamates (subject to hydrolysis) is 1. The standard InChI is InChI=1S/C70H119Cl3N2O14/c1-7-11-15-19-23-25-29-31-38-44-57(85-61(77)46-40-33-27-21-17-13-9-3)48-60(76)74-56(51-81-50-55-42-36-35-37-43-55)52-82-67-64(75-68(80)83-54-70(71,72)73)66(65-59(87-67)53-84-69(5,6)89-65)88-63(79)49-58(45-39-32-30-26-24-20-16-12-8-2)86-62(78)47-41-34-28-22-18-14-10-4/h35-37,42-43,56-59,64-67H,7-34,38-41,44-54H2,1-6H3,(H,74,76)(H,75,80)/t56-,57+,58+,59+,64+,65+,66+,67+/m0/s1. The number of ether oxygens (including phenoxy) is 9. The Labute approximate surface area is 552 Å². The molecule has 0 aromatic heterocycles. The van der Waals surface area contributed by atoms with Gasteiger partial charge in [0.1, 0.15) is 37.1 Å². The molecule has 2 aliphatic heterocycles. The third-order valence-corrected chi connectivity index (χ3v) is 16.8.